The maximum Gasteiger partial charge on any atom is 0.358 e. The smallest absolute Gasteiger partial charge is 0.358 e. The molecule has 0 radical (unpaired) electrons. The number of amides is 2. The van der Waals surface area contributed by atoms with Crippen LogP contribution in [0.2, 0.25) is 87.6 Å². The average molecular weight is 1510 g/mol. The zero-order valence-corrected chi connectivity index (χ0v) is 69.4. The molecule has 4 aromatic carbocycles. The lowest BCUT2D eigenvalue weighted by Gasteiger charge is -2.36. The predicted molar refractivity (Wildman–Crippen MR) is 421 cm³/mol. The van der Waals surface area contributed by atoms with E-state index in [1.54, 1.807) is 18.7 Å². The molecule has 0 bridgehead atoms. The largest absolute Gasteiger partial charge is 0.461 e. The van der Waals surface area contributed by atoms with Gasteiger partial charge in [-0.2, -0.15) is 4.99 Å². The summed E-state index contributed by atoms with van der Waals surface area (Å²) in [4.78, 5) is 82.2. The third-order valence-electron chi connectivity index (χ3n) is 19.0. The fourth-order valence-electron chi connectivity index (χ4n) is 10.9. The first-order valence-electron chi connectivity index (χ1n) is 35.0. The Hall–Kier alpha value is -5.89. The molecular weight excluding hydrogens is 1400 g/mol. The highest BCUT2D eigenvalue weighted by Gasteiger charge is 2.39. The Bertz CT molecular complexity index is 4220. The molecule has 2 amide bonds. The molecule has 4 aromatic heterocycles. The molecule has 0 saturated heterocycles. The van der Waals surface area contributed by atoms with Crippen molar-refractivity contribution in [3.8, 4) is 0 Å². The van der Waals surface area contributed by atoms with E-state index in [1.165, 1.54) is 45.3 Å². The number of hydrogen-bond donors (Lipinski definition) is 0. The molecule has 0 aliphatic carbocycles. The molecule has 0 spiro atoms. The van der Waals surface area contributed by atoms with Crippen LogP contribution in [0.4, 0.5) is 15.4 Å². The highest BCUT2D eigenvalue weighted by molar-refractivity contribution is 7.22. The van der Waals surface area contributed by atoms with Crippen molar-refractivity contribution in [3.63, 3.8) is 0 Å². The number of aromatic nitrogens is 4. The Morgan fingerprint density at radius 3 is 1.56 bits per heavy atom. The monoisotopic (exact) mass is 1500 g/mol. The summed E-state index contributed by atoms with van der Waals surface area (Å²) in [5.41, 5.74) is 7.98. The highest BCUT2D eigenvalue weighted by atomic mass is 32.1. The zero-order chi connectivity index (χ0) is 72.5. The van der Waals surface area contributed by atoms with Gasteiger partial charge in [-0.15, -0.1) is 22.7 Å². The van der Waals surface area contributed by atoms with E-state index in [-0.39, 0.29) is 41.8 Å². The number of carbonyl (C=O) groups excluding carboxylic acids is 4. The minimum Gasteiger partial charge on any atom is -0.461 e. The fraction of sp³-hybridized carbons (Fsp3) is 0.514. The molecule has 8 aromatic rings. The second-order valence-electron chi connectivity index (χ2n) is 31.0. The topological polar surface area (TPSA) is 189 Å². The van der Waals surface area contributed by atoms with Crippen LogP contribution in [0.3, 0.4) is 0 Å². The van der Waals surface area contributed by atoms with E-state index in [0.717, 1.165) is 101 Å². The summed E-state index contributed by atoms with van der Waals surface area (Å²) in [5.74, 6) is -1.23. The molecule has 540 valence electrons. The van der Waals surface area contributed by atoms with E-state index in [1.807, 2.05) is 71.3 Å². The number of carbonyl (C=O) groups is 4. The summed E-state index contributed by atoms with van der Waals surface area (Å²) >= 11 is 6.03. The number of thiazole rings is 4. The van der Waals surface area contributed by atoms with Crippen LogP contribution in [0, 0.1) is 0 Å². The van der Waals surface area contributed by atoms with Crippen LogP contribution in [-0.4, -0.2) is 136 Å². The van der Waals surface area contributed by atoms with Gasteiger partial charge < -0.3 is 37.6 Å². The van der Waals surface area contributed by atoms with Crippen molar-refractivity contribution < 1.29 is 47.0 Å². The van der Waals surface area contributed by atoms with Crippen LogP contribution in [0.1, 0.15) is 129 Å². The van der Waals surface area contributed by atoms with Crippen LogP contribution in [0.25, 0.3) is 20.4 Å². The summed E-state index contributed by atoms with van der Waals surface area (Å²) in [5, 5.41) is 2.31. The number of ether oxygens (including phenoxy) is 4. The number of para-hydroxylation sites is 2. The van der Waals surface area contributed by atoms with Gasteiger partial charge in [-0.05, 0) is 134 Å². The van der Waals surface area contributed by atoms with E-state index in [9.17, 15) is 19.2 Å². The Balaban J connectivity index is 0.000000233. The number of anilines is 3. The lowest BCUT2D eigenvalue weighted by Crippen LogP contribution is -2.41. The molecular formula is C74H104N8O10S4Si4. The van der Waals surface area contributed by atoms with Gasteiger partial charge in [0.05, 0.1) is 33.6 Å². The predicted octanol–water partition coefficient (Wildman–Crippen LogP) is 17.5. The van der Waals surface area contributed by atoms with Gasteiger partial charge in [-0.3, -0.25) is 19.1 Å². The molecule has 26 heteroatoms. The fourth-order valence-corrected chi connectivity index (χ4v) is 18.6. The molecule has 0 fully saturated rings. The lowest BCUT2D eigenvalue weighted by atomic mass is 9.94. The molecule has 2 aliphatic rings. The summed E-state index contributed by atoms with van der Waals surface area (Å²) in [6.07, 6.45) is 2.68. The normalized spacial score (nSPS) is 14.1. The number of rotatable bonds is 27. The van der Waals surface area contributed by atoms with E-state index < -0.39 is 44.7 Å². The number of benzene rings is 4. The quantitative estimate of drug-likeness (QED) is 0.0204. The van der Waals surface area contributed by atoms with Gasteiger partial charge in [0.15, 0.2) is 48.2 Å². The van der Waals surface area contributed by atoms with Crippen molar-refractivity contribution in [3.05, 3.63) is 144 Å². The Labute approximate surface area is 611 Å². The van der Waals surface area contributed by atoms with E-state index in [2.05, 4.69) is 135 Å². The summed E-state index contributed by atoms with van der Waals surface area (Å²) in [6, 6.07) is 30.0. The standard InChI is InChI=1S/2C37H52N4O5S2Si2/c1-10-45-34(43)32-31(19-21-46-50(8,9)37(2,3)4)48-35(38-32)40-20-18-26-14-13-15-27(28(26)24-40)33(42)39-36-41(25-44-22-23-49(5,6)7)29-16-11-12-17-30(29)47-36;1-10-45-34(43)32-31(19-21-46-50(8,9)37(2,3)4)48-35(39-32)40-20-18-26-14-13-15-27(28(26)24-40)33(42)41(25-44-22-23-49(5,6)7)36-38-29-16-11-12-17-30(29)47-36/h2*11-17H,10,18-25H2,1-9H3. The van der Waals surface area contributed by atoms with Gasteiger partial charge in [0.2, 0.25) is 0 Å². The van der Waals surface area contributed by atoms with Crippen molar-refractivity contribution in [1.82, 2.24) is 19.5 Å². The Morgan fingerprint density at radius 2 is 1.05 bits per heavy atom. The minimum absolute atomic E-state index is 0.0921. The molecule has 0 atom stereocenters. The van der Waals surface area contributed by atoms with Crippen molar-refractivity contribution in [1.29, 1.82) is 0 Å². The highest BCUT2D eigenvalue weighted by Crippen LogP contribution is 2.41. The third kappa shape index (κ3) is 19.9. The summed E-state index contributed by atoms with van der Waals surface area (Å²) in [7, 11) is -6.45. The molecule has 0 saturated carbocycles. The Morgan fingerprint density at radius 1 is 0.560 bits per heavy atom. The first kappa shape index (κ1) is 78.2. The molecule has 100 heavy (non-hydrogen) atoms. The average Bonchev–Trinajstić information content (AvgIpc) is 1.45. The van der Waals surface area contributed by atoms with Crippen LogP contribution in [0.5, 0.6) is 0 Å². The first-order valence-corrected chi connectivity index (χ1v) is 51.5. The van der Waals surface area contributed by atoms with Crippen molar-refractivity contribution in [2.45, 2.75) is 189 Å². The zero-order valence-electron chi connectivity index (χ0n) is 62.1. The van der Waals surface area contributed by atoms with E-state index in [4.69, 9.17) is 47.7 Å². The summed E-state index contributed by atoms with van der Waals surface area (Å²) in [6.45, 7) is 45.6. The van der Waals surface area contributed by atoms with E-state index >= 15 is 0 Å². The van der Waals surface area contributed by atoms with Gasteiger partial charge in [0.1, 0.15) is 13.5 Å². The van der Waals surface area contributed by atoms with Crippen LogP contribution >= 0.6 is 45.3 Å². The lowest BCUT2D eigenvalue weighted by molar-refractivity contribution is 0.0509. The van der Waals surface area contributed by atoms with Gasteiger partial charge in [-0.1, -0.05) is 152 Å². The maximum atomic E-state index is 14.5. The number of fused-ring (bicyclic) bond motifs is 4. The van der Waals surface area contributed by atoms with E-state index in [0.29, 0.717) is 91.5 Å². The van der Waals surface area contributed by atoms with Crippen molar-refractivity contribution >= 4 is 138 Å². The second kappa shape index (κ2) is 33.3. The number of hydrogen-bond acceptors (Lipinski definition) is 19. The number of nitrogens with zero attached hydrogens (tertiary/aromatic N) is 8. The molecule has 0 unspecified atom stereocenters. The maximum absolute atomic E-state index is 14.5. The van der Waals surface area contributed by atoms with Crippen LogP contribution < -0.4 is 19.5 Å². The molecule has 10 rings (SSSR count). The number of esters is 2. The van der Waals surface area contributed by atoms with Crippen molar-refractivity contribution in [2.75, 3.05) is 74.2 Å². The minimum atomic E-state index is -1.95. The molecule has 18 nitrogen and oxygen atoms in total. The first-order chi connectivity index (χ1) is 47.2. The van der Waals surface area contributed by atoms with Gasteiger partial charge in [-0.25, -0.2) is 24.5 Å². The Kier molecular flexibility index (Phi) is 26.0. The third-order valence-corrected chi connectivity index (χ3v) is 36.0. The van der Waals surface area contributed by atoms with Crippen molar-refractivity contribution in [2.24, 2.45) is 4.99 Å². The van der Waals surface area contributed by atoms with Gasteiger partial charge in [0, 0.05) is 102 Å². The van der Waals surface area contributed by atoms with Crippen LogP contribution in [-0.2, 0) is 73.3 Å². The molecule has 0 N–H and O–H groups in total. The van der Waals surface area contributed by atoms with Crippen LogP contribution in [0.15, 0.2) is 89.9 Å². The SMILES string of the molecule is CCOC(=O)c1nc(N2CCc3cccc(C(=O)N(COCC[Si](C)(C)C)c4nc5ccccc5s4)c3C2)sc1CCO[Si](C)(C)C(C)(C)C.CCOC(=O)c1nc(N2CCc3cccc(C(=O)N=c4sc5ccccc5n4COCC[Si](C)(C)C)c3C2)sc1CCO[Si](C)(C)C(C)(C)C. The van der Waals surface area contributed by atoms with Gasteiger partial charge >= 0.3 is 11.9 Å². The molecule has 2 aliphatic heterocycles. The van der Waals surface area contributed by atoms with Gasteiger partial charge in [0.25, 0.3) is 11.8 Å². The second-order valence-corrected chi connectivity index (χ2v) is 56.0. The summed E-state index contributed by atoms with van der Waals surface area (Å²) < 4.78 is 40.1. The molecule has 6 heterocycles.